The molecular weight excluding hydrogens is 258 g/mol. The lowest BCUT2D eigenvalue weighted by molar-refractivity contribution is -0.139. The first kappa shape index (κ1) is 13.8. The maximum atomic E-state index is 11.9. The van der Waals surface area contributed by atoms with Crippen LogP contribution >= 0.6 is 0 Å². The van der Waals surface area contributed by atoms with E-state index in [0.717, 1.165) is 5.69 Å². The minimum Gasteiger partial charge on any atom is -0.480 e. The highest BCUT2D eigenvalue weighted by Crippen LogP contribution is 2.07. The summed E-state index contributed by atoms with van der Waals surface area (Å²) in [6, 6.07) is 10.0. The number of rotatable bonds is 5. The van der Waals surface area contributed by atoms with E-state index < -0.39 is 17.9 Å². The Labute approximate surface area is 116 Å². The Morgan fingerprint density at radius 2 is 2.00 bits per heavy atom. The van der Waals surface area contributed by atoms with Crippen molar-refractivity contribution in [3.8, 4) is 5.69 Å². The van der Waals surface area contributed by atoms with Gasteiger partial charge in [0.1, 0.15) is 6.04 Å². The number of carboxylic acids is 1. The number of aromatic nitrogens is 2. The topological polar surface area (TPSA) is 84.2 Å². The molecule has 2 N–H and O–H groups in total. The Balaban J connectivity index is 2.13. The maximum Gasteiger partial charge on any atom is 0.326 e. The van der Waals surface area contributed by atoms with Crippen LogP contribution in [0.1, 0.15) is 23.8 Å². The van der Waals surface area contributed by atoms with Crippen molar-refractivity contribution in [3.63, 3.8) is 0 Å². The van der Waals surface area contributed by atoms with Gasteiger partial charge in [0, 0.05) is 6.20 Å². The third kappa shape index (κ3) is 3.03. The van der Waals surface area contributed by atoms with Crippen molar-refractivity contribution >= 4 is 11.9 Å². The van der Waals surface area contributed by atoms with Gasteiger partial charge >= 0.3 is 5.97 Å². The van der Waals surface area contributed by atoms with Crippen molar-refractivity contribution in [2.45, 2.75) is 19.4 Å². The molecule has 0 fully saturated rings. The van der Waals surface area contributed by atoms with E-state index in [2.05, 4.69) is 10.4 Å². The van der Waals surface area contributed by atoms with Crippen molar-refractivity contribution in [2.24, 2.45) is 0 Å². The van der Waals surface area contributed by atoms with Crippen LogP contribution in [0, 0.1) is 0 Å². The molecule has 0 aliphatic heterocycles. The van der Waals surface area contributed by atoms with Crippen molar-refractivity contribution in [1.29, 1.82) is 0 Å². The van der Waals surface area contributed by atoms with Crippen LogP contribution in [-0.4, -0.2) is 32.8 Å². The molecule has 0 spiro atoms. The van der Waals surface area contributed by atoms with Gasteiger partial charge in [0.25, 0.3) is 5.91 Å². The smallest absolute Gasteiger partial charge is 0.326 e. The molecule has 2 aromatic rings. The molecule has 6 nitrogen and oxygen atoms in total. The van der Waals surface area contributed by atoms with E-state index in [0.29, 0.717) is 6.42 Å². The Morgan fingerprint density at radius 3 is 2.60 bits per heavy atom. The van der Waals surface area contributed by atoms with Crippen LogP contribution in [0.3, 0.4) is 0 Å². The number of nitrogens with zero attached hydrogens (tertiary/aromatic N) is 2. The second-order valence-corrected chi connectivity index (χ2v) is 4.25. The van der Waals surface area contributed by atoms with E-state index in [1.807, 2.05) is 30.3 Å². The Hall–Kier alpha value is -2.63. The highest BCUT2D eigenvalue weighted by atomic mass is 16.4. The molecule has 1 amide bonds. The van der Waals surface area contributed by atoms with E-state index in [9.17, 15) is 9.59 Å². The molecule has 104 valence electrons. The molecule has 1 heterocycles. The summed E-state index contributed by atoms with van der Waals surface area (Å²) in [5.74, 6) is -1.54. The van der Waals surface area contributed by atoms with Gasteiger partial charge in [0.05, 0.1) is 5.69 Å². The molecule has 6 heteroatoms. The molecule has 1 aromatic carbocycles. The summed E-state index contributed by atoms with van der Waals surface area (Å²) in [5, 5.41) is 15.5. The fourth-order valence-corrected chi connectivity index (χ4v) is 1.74. The van der Waals surface area contributed by atoms with Crippen LogP contribution in [0.4, 0.5) is 0 Å². The molecule has 0 unspecified atom stereocenters. The minimum atomic E-state index is -1.05. The van der Waals surface area contributed by atoms with E-state index in [4.69, 9.17) is 5.11 Å². The summed E-state index contributed by atoms with van der Waals surface area (Å²) in [4.78, 5) is 22.8. The minimum absolute atomic E-state index is 0.188. The number of amides is 1. The number of carboxylic acid groups (broad SMARTS) is 1. The Kier molecular flexibility index (Phi) is 4.14. The van der Waals surface area contributed by atoms with E-state index in [-0.39, 0.29) is 5.69 Å². The molecule has 20 heavy (non-hydrogen) atoms. The van der Waals surface area contributed by atoms with Crippen LogP contribution < -0.4 is 5.32 Å². The van der Waals surface area contributed by atoms with Gasteiger partial charge < -0.3 is 10.4 Å². The molecule has 0 aliphatic rings. The number of para-hydroxylation sites is 1. The van der Waals surface area contributed by atoms with Crippen LogP contribution in [0.25, 0.3) is 5.69 Å². The zero-order valence-electron chi connectivity index (χ0n) is 11.0. The van der Waals surface area contributed by atoms with Gasteiger partial charge in [-0.3, -0.25) is 4.79 Å². The molecule has 0 radical (unpaired) electrons. The SMILES string of the molecule is CC[C@@H](NC(=O)c1ccn(-c2ccccc2)n1)C(=O)O. The molecule has 0 saturated heterocycles. The van der Waals surface area contributed by atoms with Crippen molar-refractivity contribution in [1.82, 2.24) is 15.1 Å². The third-order valence-corrected chi connectivity index (χ3v) is 2.85. The number of carbonyl (C=O) groups is 2. The predicted octanol–water partition coefficient (Wildman–Crippen LogP) is 1.47. The standard InChI is InChI=1S/C14H15N3O3/c1-2-11(14(19)20)15-13(18)12-8-9-17(16-12)10-6-4-3-5-7-10/h3-9,11H,2H2,1H3,(H,15,18)(H,19,20)/t11-/m1/s1. The van der Waals surface area contributed by atoms with Crippen molar-refractivity contribution < 1.29 is 14.7 Å². The van der Waals surface area contributed by atoms with E-state index in [1.54, 1.807) is 23.9 Å². The monoisotopic (exact) mass is 273 g/mol. The predicted molar refractivity (Wildman–Crippen MR) is 72.7 cm³/mol. The summed E-state index contributed by atoms with van der Waals surface area (Å²) >= 11 is 0. The molecule has 1 aromatic heterocycles. The summed E-state index contributed by atoms with van der Waals surface area (Å²) in [5.41, 5.74) is 1.02. The van der Waals surface area contributed by atoms with Crippen LogP contribution in [0.2, 0.25) is 0 Å². The second-order valence-electron chi connectivity index (χ2n) is 4.25. The highest BCUT2D eigenvalue weighted by Gasteiger charge is 2.19. The first-order valence-electron chi connectivity index (χ1n) is 6.26. The molecule has 0 saturated carbocycles. The zero-order chi connectivity index (χ0) is 14.5. The fourth-order valence-electron chi connectivity index (χ4n) is 1.74. The summed E-state index contributed by atoms with van der Waals surface area (Å²) < 4.78 is 1.57. The van der Waals surface area contributed by atoms with Crippen LogP contribution in [0.5, 0.6) is 0 Å². The summed E-state index contributed by atoms with van der Waals surface area (Å²) in [6.45, 7) is 1.70. The van der Waals surface area contributed by atoms with Gasteiger partial charge in [-0.1, -0.05) is 25.1 Å². The zero-order valence-corrected chi connectivity index (χ0v) is 11.0. The van der Waals surface area contributed by atoms with Gasteiger partial charge in [-0.2, -0.15) is 5.10 Å². The van der Waals surface area contributed by atoms with Gasteiger partial charge in [-0.25, -0.2) is 9.48 Å². The van der Waals surface area contributed by atoms with Crippen molar-refractivity contribution in [2.75, 3.05) is 0 Å². The number of hydrogen-bond acceptors (Lipinski definition) is 3. The largest absolute Gasteiger partial charge is 0.480 e. The van der Waals surface area contributed by atoms with E-state index >= 15 is 0 Å². The Morgan fingerprint density at radius 1 is 1.30 bits per heavy atom. The van der Waals surface area contributed by atoms with Crippen molar-refractivity contribution in [3.05, 3.63) is 48.3 Å². The molecule has 1 atom stereocenters. The van der Waals surface area contributed by atoms with Gasteiger partial charge in [-0.15, -0.1) is 0 Å². The second kappa shape index (κ2) is 6.01. The average Bonchev–Trinajstić information content (AvgIpc) is 2.95. The number of aliphatic carboxylic acids is 1. The van der Waals surface area contributed by atoms with Crippen LogP contribution in [0.15, 0.2) is 42.6 Å². The third-order valence-electron chi connectivity index (χ3n) is 2.85. The highest BCUT2D eigenvalue weighted by molar-refractivity contribution is 5.94. The molecule has 0 aliphatic carbocycles. The van der Waals surface area contributed by atoms with Gasteiger partial charge in [0.2, 0.25) is 0 Å². The molecular formula is C14H15N3O3. The fraction of sp³-hybridized carbons (Fsp3) is 0.214. The lowest BCUT2D eigenvalue weighted by atomic mass is 10.2. The normalized spacial score (nSPS) is 11.8. The quantitative estimate of drug-likeness (QED) is 0.864. The molecule has 2 rings (SSSR count). The van der Waals surface area contributed by atoms with Crippen LogP contribution in [-0.2, 0) is 4.79 Å². The van der Waals surface area contributed by atoms with E-state index in [1.165, 1.54) is 0 Å². The lowest BCUT2D eigenvalue weighted by Gasteiger charge is -2.10. The summed E-state index contributed by atoms with van der Waals surface area (Å²) in [7, 11) is 0. The number of nitrogens with one attached hydrogen (secondary N) is 1. The Bertz CT molecular complexity index is 607. The first-order chi connectivity index (χ1) is 9.61. The average molecular weight is 273 g/mol. The number of benzene rings is 1. The number of carbonyl (C=O) groups excluding carboxylic acids is 1. The lowest BCUT2D eigenvalue weighted by Crippen LogP contribution is -2.40. The maximum absolute atomic E-state index is 11.9. The van der Waals surface area contributed by atoms with Gasteiger partial charge in [-0.05, 0) is 24.6 Å². The van der Waals surface area contributed by atoms with Gasteiger partial charge in [0.15, 0.2) is 5.69 Å². The number of hydrogen-bond donors (Lipinski definition) is 2. The first-order valence-corrected chi connectivity index (χ1v) is 6.26. The summed E-state index contributed by atoms with van der Waals surface area (Å²) in [6.07, 6.45) is 1.98. The molecule has 0 bridgehead atoms.